The van der Waals surface area contributed by atoms with Crippen LogP contribution in [0.25, 0.3) is 11.3 Å². The first-order valence-electron chi connectivity index (χ1n) is 12.3. The molecule has 6 nitrogen and oxygen atoms in total. The lowest BCUT2D eigenvalue weighted by Crippen LogP contribution is -2.37. The third-order valence-corrected chi connectivity index (χ3v) is 6.94. The van der Waals surface area contributed by atoms with E-state index in [1.165, 1.54) is 24.0 Å². The molecule has 0 spiro atoms. The first-order chi connectivity index (χ1) is 16.7. The monoisotopic (exact) mass is 459 g/mol. The molecule has 6 heteroatoms. The Bertz CT molecular complexity index is 1100. The van der Waals surface area contributed by atoms with Gasteiger partial charge in [0.2, 0.25) is 0 Å². The van der Waals surface area contributed by atoms with Crippen LogP contribution in [0, 0.1) is 0 Å². The van der Waals surface area contributed by atoms with Crippen molar-refractivity contribution in [3.8, 4) is 0 Å². The first kappa shape index (κ1) is 22.5. The number of allylic oxidation sites excluding steroid dienone is 2. The lowest BCUT2D eigenvalue weighted by molar-refractivity contribution is 0.0620. The Balaban J connectivity index is 1.40. The van der Waals surface area contributed by atoms with Crippen molar-refractivity contribution in [2.75, 3.05) is 49.9 Å². The highest BCUT2D eigenvalue weighted by Gasteiger charge is 2.26. The maximum Gasteiger partial charge on any atom is 0.258 e. The molecular formula is C28H33N3O3. The standard InChI is InChI=1S/C28H33N3O3/c1-3-31-26-14-13-24(19-25(26)27(20-34-31)30-15-17-33-18-16-30)29(2)28(32)23-11-9-22(10-12-23)21-7-5-4-6-8-21/h7,9-14,19-20H,3-6,8,15-18H2,1-2H3. The topological polar surface area (TPSA) is 45.2 Å². The van der Waals surface area contributed by atoms with Gasteiger partial charge in [-0.15, -0.1) is 0 Å². The summed E-state index contributed by atoms with van der Waals surface area (Å²) in [6.07, 6.45) is 8.95. The van der Waals surface area contributed by atoms with Crippen molar-refractivity contribution in [1.29, 1.82) is 0 Å². The van der Waals surface area contributed by atoms with Crippen LogP contribution in [0.3, 0.4) is 0 Å². The molecule has 2 aromatic rings. The van der Waals surface area contributed by atoms with Gasteiger partial charge in [0, 0.05) is 37.0 Å². The van der Waals surface area contributed by atoms with E-state index in [2.05, 4.69) is 36.1 Å². The van der Waals surface area contributed by atoms with Gasteiger partial charge in [-0.2, -0.15) is 0 Å². The summed E-state index contributed by atoms with van der Waals surface area (Å²) < 4.78 is 5.53. The van der Waals surface area contributed by atoms with E-state index < -0.39 is 0 Å². The number of hydrogen-bond acceptors (Lipinski definition) is 5. The quantitative estimate of drug-likeness (QED) is 0.605. The second-order valence-electron chi connectivity index (χ2n) is 9.02. The van der Waals surface area contributed by atoms with Crippen molar-refractivity contribution in [2.45, 2.75) is 32.6 Å². The van der Waals surface area contributed by atoms with Gasteiger partial charge in [-0.3, -0.25) is 4.79 Å². The van der Waals surface area contributed by atoms with Gasteiger partial charge >= 0.3 is 0 Å². The van der Waals surface area contributed by atoms with Crippen molar-refractivity contribution < 1.29 is 14.4 Å². The van der Waals surface area contributed by atoms with Gasteiger partial charge in [0.15, 0.2) is 0 Å². The molecule has 2 aliphatic heterocycles. The van der Waals surface area contributed by atoms with E-state index >= 15 is 0 Å². The molecule has 0 bridgehead atoms. The molecule has 3 aliphatic rings. The average Bonchev–Trinajstić information content (AvgIpc) is 2.92. The van der Waals surface area contributed by atoms with E-state index in [0.717, 1.165) is 55.1 Å². The van der Waals surface area contributed by atoms with Gasteiger partial charge in [0.1, 0.15) is 6.26 Å². The van der Waals surface area contributed by atoms with Crippen molar-refractivity contribution >= 4 is 28.6 Å². The van der Waals surface area contributed by atoms with Gasteiger partial charge in [-0.05, 0) is 74.1 Å². The molecule has 0 aromatic heterocycles. The maximum absolute atomic E-state index is 13.3. The van der Waals surface area contributed by atoms with Crippen molar-refractivity contribution in [3.05, 3.63) is 71.5 Å². The van der Waals surface area contributed by atoms with E-state index in [1.807, 2.05) is 42.6 Å². The molecular weight excluding hydrogens is 426 g/mol. The van der Waals surface area contributed by atoms with Gasteiger partial charge in [-0.25, -0.2) is 5.06 Å². The third kappa shape index (κ3) is 4.42. The predicted octanol–water partition coefficient (Wildman–Crippen LogP) is 5.32. The molecule has 0 unspecified atom stereocenters. The molecule has 0 N–H and O–H groups in total. The summed E-state index contributed by atoms with van der Waals surface area (Å²) in [4.78, 5) is 23.3. The number of fused-ring (bicyclic) bond motifs is 1. The Morgan fingerprint density at radius 1 is 1.06 bits per heavy atom. The van der Waals surface area contributed by atoms with Crippen molar-refractivity contribution in [2.24, 2.45) is 0 Å². The van der Waals surface area contributed by atoms with E-state index in [1.54, 1.807) is 4.90 Å². The molecule has 178 valence electrons. The molecule has 5 rings (SSSR count). The van der Waals surface area contributed by atoms with E-state index in [4.69, 9.17) is 9.57 Å². The predicted molar refractivity (Wildman–Crippen MR) is 137 cm³/mol. The number of carbonyl (C=O) groups excluding carboxylic acids is 1. The van der Waals surface area contributed by atoms with Crippen LogP contribution < -0.4 is 9.96 Å². The number of ether oxygens (including phenoxy) is 1. The summed E-state index contributed by atoms with van der Waals surface area (Å²) in [5.41, 5.74) is 7.32. The van der Waals surface area contributed by atoms with Crippen molar-refractivity contribution in [1.82, 2.24) is 4.90 Å². The summed E-state index contributed by atoms with van der Waals surface area (Å²) in [5.74, 6) is -0.0135. The Hall–Kier alpha value is -3.25. The lowest BCUT2D eigenvalue weighted by Gasteiger charge is -2.36. The smallest absolute Gasteiger partial charge is 0.258 e. The fourth-order valence-electron chi connectivity index (χ4n) is 4.92. The largest absolute Gasteiger partial charge is 0.385 e. The van der Waals surface area contributed by atoms with Crippen LogP contribution >= 0.6 is 0 Å². The molecule has 1 saturated heterocycles. The highest BCUT2D eigenvalue weighted by atomic mass is 16.7. The molecule has 1 fully saturated rings. The normalized spacial score (nSPS) is 17.9. The van der Waals surface area contributed by atoms with Crippen LogP contribution in [0.1, 0.15) is 54.1 Å². The zero-order chi connectivity index (χ0) is 23.5. The second kappa shape index (κ2) is 9.94. The molecule has 0 atom stereocenters. The summed E-state index contributed by atoms with van der Waals surface area (Å²) in [7, 11) is 1.84. The number of anilines is 2. The number of carbonyl (C=O) groups is 1. The van der Waals surface area contributed by atoms with Crippen molar-refractivity contribution in [3.63, 3.8) is 0 Å². The highest BCUT2D eigenvalue weighted by Crippen LogP contribution is 2.37. The Kier molecular flexibility index (Phi) is 6.59. The van der Waals surface area contributed by atoms with Gasteiger partial charge in [0.05, 0.1) is 31.1 Å². The molecule has 2 aromatic carbocycles. The van der Waals surface area contributed by atoms with Crippen LogP contribution in [0.4, 0.5) is 11.4 Å². The molecule has 0 saturated carbocycles. The number of nitrogens with zero attached hydrogens (tertiary/aromatic N) is 3. The van der Waals surface area contributed by atoms with Crippen LogP contribution in [0.2, 0.25) is 0 Å². The minimum absolute atomic E-state index is 0.0135. The summed E-state index contributed by atoms with van der Waals surface area (Å²) >= 11 is 0. The third-order valence-electron chi connectivity index (χ3n) is 6.94. The maximum atomic E-state index is 13.3. The van der Waals surface area contributed by atoms with E-state index in [9.17, 15) is 4.79 Å². The van der Waals surface area contributed by atoms with Crippen LogP contribution in [0.15, 0.2) is 54.8 Å². The molecule has 2 heterocycles. The number of rotatable bonds is 5. The van der Waals surface area contributed by atoms with E-state index in [-0.39, 0.29) is 5.91 Å². The fraction of sp³-hybridized carbons (Fsp3) is 0.393. The summed E-state index contributed by atoms with van der Waals surface area (Å²) in [6, 6.07) is 14.2. The Morgan fingerprint density at radius 2 is 1.85 bits per heavy atom. The number of morpholine rings is 1. The van der Waals surface area contributed by atoms with Gasteiger partial charge < -0.3 is 19.4 Å². The average molecular weight is 460 g/mol. The Morgan fingerprint density at radius 3 is 2.56 bits per heavy atom. The SMILES string of the molecule is CCN1OC=C(N2CCOCC2)c2cc(N(C)C(=O)c3ccc(C4=CCCCC4)cc3)ccc21. The summed E-state index contributed by atoms with van der Waals surface area (Å²) in [6.45, 7) is 5.85. The van der Waals surface area contributed by atoms with Crippen LogP contribution in [-0.2, 0) is 9.57 Å². The zero-order valence-electron chi connectivity index (χ0n) is 20.1. The fourth-order valence-corrected chi connectivity index (χ4v) is 4.92. The lowest BCUT2D eigenvalue weighted by atomic mass is 9.93. The van der Waals surface area contributed by atoms with Crippen LogP contribution in [-0.4, -0.2) is 50.7 Å². The molecule has 1 amide bonds. The van der Waals surface area contributed by atoms with Gasteiger partial charge in [-0.1, -0.05) is 18.2 Å². The zero-order valence-corrected chi connectivity index (χ0v) is 20.1. The minimum Gasteiger partial charge on any atom is -0.385 e. The summed E-state index contributed by atoms with van der Waals surface area (Å²) in [5, 5.41) is 1.88. The molecule has 0 radical (unpaired) electrons. The number of hydrogen-bond donors (Lipinski definition) is 0. The number of amides is 1. The first-order valence-corrected chi connectivity index (χ1v) is 12.3. The molecule has 34 heavy (non-hydrogen) atoms. The number of benzene rings is 2. The second-order valence-corrected chi connectivity index (χ2v) is 9.02. The van der Waals surface area contributed by atoms with E-state index in [0.29, 0.717) is 18.8 Å². The van der Waals surface area contributed by atoms with Crippen LogP contribution in [0.5, 0.6) is 0 Å². The van der Waals surface area contributed by atoms with Gasteiger partial charge in [0.25, 0.3) is 5.91 Å². The number of hydroxylamine groups is 1. The Labute approximate surface area is 202 Å². The highest BCUT2D eigenvalue weighted by molar-refractivity contribution is 6.06. The minimum atomic E-state index is -0.0135. The molecule has 1 aliphatic carbocycles.